The van der Waals surface area contributed by atoms with E-state index in [0.29, 0.717) is 38.6 Å². The number of ether oxygens (including phenoxy) is 1. The molecule has 0 radical (unpaired) electrons. The number of halogens is 1. The van der Waals surface area contributed by atoms with Gasteiger partial charge < -0.3 is 14.5 Å². The van der Waals surface area contributed by atoms with Gasteiger partial charge >= 0.3 is 5.97 Å². The summed E-state index contributed by atoms with van der Waals surface area (Å²) in [5.41, 5.74) is 3.21. The molecule has 0 atom stereocenters. The maximum atomic E-state index is 13.3. The van der Waals surface area contributed by atoms with Crippen molar-refractivity contribution in [2.45, 2.75) is 58.5 Å². The fraction of sp³-hybridized carbons (Fsp3) is 0.577. The van der Waals surface area contributed by atoms with E-state index in [9.17, 15) is 14.0 Å². The molecule has 4 rings (SSSR count). The van der Waals surface area contributed by atoms with Gasteiger partial charge in [0.25, 0.3) is 0 Å². The molecule has 1 fully saturated rings. The van der Waals surface area contributed by atoms with Gasteiger partial charge in [0.1, 0.15) is 5.82 Å². The molecule has 1 amide bonds. The summed E-state index contributed by atoms with van der Waals surface area (Å²) < 4.78 is 20.5. The Kier molecular flexibility index (Phi) is 7.54. The molecule has 8 heteroatoms. The number of esters is 1. The maximum Gasteiger partial charge on any atom is 0.308 e. The first-order valence-electron chi connectivity index (χ1n) is 12.3. The number of hydrogen-bond donors (Lipinski definition) is 0. The van der Waals surface area contributed by atoms with E-state index in [1.165, 1.54) is 17.7 Å². The van der Waals surface area contributed by atoms with E-state index in [2.05, 4.69) is 0 Å². The first-order chi connectivity index (χ1) is 16.4. The van der Waals surface area contributed by atoms with Crippen molar-refractivity contribution in [1.82, 2.24) is 14.7 Å². The summed E-state index contributed by atoms with van der Waals surface area (Å²) in [4.78, 5) is 29.1. The van der Waals surface area contributed by atoms with E-state index in [0.717, 1.165) is 49.2 Å². The number of amides is 1. The van der Waals surface area contributed by atoms with Crippen LogP contribution in [0.25, 0.3) is 0 Å². The lowest BCUT2D eigenvalue weighted by Gasteiger charge is -2.31. The minimum absolute atomic E-state index is 0.0193. The van der Waals surface area contributed by atoms with E-state index < -0.39 is 0 Å². The Morgan fingerprint density at radius 1 is 1.15 bits per heavy atom. The van der Waals surface area contributed by atoms with Gasteiger partial charge in [-0.25, -0.2) is 4.39 Å². The Bertz CT molecular complexity index is 1010. The number of rotatable bonds is 7. The molecule has 2 aromatic rings. The van der Waals surface area contributed by atoms with Crippen molar-refractivity contribution in [3.8, 4) is 0 Å². The summed E-state index contributed by atoms with van der Waals surface area (Å²) in [6.07, 6.45) is 4.68. The normalized spacial score (nSPS) is 20.1. The highest BCUT2D eigenvalue weighted by Crippen LogP contribution is 2.33. The molecule has 0 spiro atoms. The Hall–Kier alpha value is -2.90. The fourth-order valence-electron chi connectivity index (χ4n) is 5.16. The van der Waals surface area contributed by atoms with Gasteiger partial charge in [-0.15, -0.1) is 0 Å². The van der Waals surface area contributed by atoms with E-state index in [1.807, 2.05) is 35.5 Å². The smallest absolute Gasteiger partial charge is 0.308 e. The largest absolute Gasteiger partial charge is 0.466 e. The molecule has 34 heavy (non-hydrogen) atoms. The first kappa shape index (κ1) is 24.2. The summed E-state index contributed by atoms with van der Waals surface area (Å²) in [6.45, 7) is 4.01. The highest BCUT2D eigenvalue weighted by Gasteiger charge is 2.32. The van der Waals surface area contributed by atoms with Crippen LogP contribution >= 0.6 is 0 Å². The number of aromatic nitrogens is 2. The minimum atomic E-state index is -0.256. The van der Waals surface area contributed by atoms with E-state index in [4.69, 9.17) is 9.84 Å². The SMILES string of the molecule is CCOC(=O)[C@H]1CC[C@H](CC(=O)N2CCc3c(N(C)C)nn(Cc4ccc(F)cc4)c3C2)CC1. The number of carbonyl (C=O) groups excluding carboxylic acids is 2. The second-order valence-electron chi connectivity index (χ2n) is 9.67. The van der Waals surface area contributed by atoms with Crippen molar-refractivity contribution in [2.75, 3.05) is 32.1 Å². The lowest BCUT2D eigenvalue weighted by Crippen LogP contribution is -2.38. The van der Waals surface area contributed by atoms with Crippen molar-refractivity contribution < 1.29 is 18.7 Å². The maximum absolute atomic E-state index is 13.3. The third-order valence-electron chi connectivity index (χ3n) is 7.07. The summed E-state index contributed by atoms with van der Waals surface area (Å²) >= 11 is 0. The average Bonchev–Trinajstić information content (AvgIpc) is 3.19. The van der Waals surface area contributed by atoms with Crippen LogP contribution in [0.1, 0.15) is 55.8 Å². The predicted molar refractivity (Wildman–Crippen MR) is 128 cm³/mol. The molecule has 184 valence electrons. The van der Waals surface area contributed by atoms with Crippen molar-refractivity contribution in [3.05, 3.63) is 46.9 Å². The topological polar surface area (TPSA) is 67.7 Å². The standard InChI is InChI=1S/C26H35FN4O3/c1-4-34-26(33)20-9-5-18(6-10-20)15-24(32)30-14-13-22-23(17-30)31(28-25(22)29(2)3)16-19-7-11-21(27)12-8-19/h7-8,11-12,18,20H,4-6,9-10,13-17H2,1-3H3/t18-,20-. The second kappa shape index (κ2) is 10.6. The lowest BCUT2D eigenvalue weighted by atomic mass is 9.80. The zero-order valence-corrected chi connectivity index (χ0v) is 20.4. The van der Waals surface area contributed by atoms with Gasteiger partial charge in [0.15, 0.2) is 5.82 Å². The molecular weight excluding hydrogens is 435 g/mol. The van der Waals surface area contributed by atoms with Crippen LogP contribution in [0.4, 0.5) is 10.2 Å². The Balaban J connectivity index is 1.41. The van der Waals surface area contributed by atoms with Crippen molar-refractivity contribution in [3.63, 3.8) is 0 Å². The van der Waals surface area contributed by atoms with Gasteiger partial charge in [-0.05, 0) is 62.6 Å². The third-order valence-corrected chi connectivity index (χ3v) is 7.07. The van der Waals surface area contributed by atoms with Crippen molar-refractivity contribution in [2.24, 2.45) is 11.8 Å². The molecule has 1 aliphatic carbocycles. The van der Waals surface area contributed by atoms with Gasteiger partial charge in [-0.1, -0.05) is 12.1 Å². The molecule has 2 aliphatic rings. The number of benzene rings is 1. The quantitative estimate of drug-likeness (QED) is 0.576. The Morgan fingerprint density at radius 3 is 2.50 bits per heavy atom. The molecule has 2 heterocycles. The summed E-state index contributed by atoms with van der Waals surface area (Å²) in [6, 6.07) is 6.48. The Labute approximate surface area is 200 Å². The monoisotopic (exact) mass is 470 g/mol. The van der Waals surface area contributed by atoms with Gasteiger partial charge in [-0.2, -0.15) is 5.10 Å². The van der Waals surface area contributed by atoms with Crippen LogP contribution in [0.2, 0.25) is 0 Å². The van der Waals surface area contributed by atoms with Gasteiger partial charge in [0, 0.05) is 32.6 Å². The van der Waals surface area contributed by atoms with Gasteiger partial charge in [0.05, 0.1) is 31.3 Å². The number of nitrogens with zero attached hydrogens (tertiary/aromatic N) is 4. The number of anilines is 1. The van der Waals surface area contributed by atoms with Gasteiger partial charge in [0.2, 0.25) is 5.91 Å². The molecule has 0 saturated heterocycles. The molecule has 1 aromatic carbocycles. The van der Waals surface area contributed by atoms with Crippen LogP contribution < -0.4 is 4.90 Å². The van der Waals surface area contributed by atoms with Crippen molar-refractivity contribution >= 4 is 17.7 Å². The predicted octanol–water partition coefficient (Wildman–Crippen LogP) is 3.78. The molecule has 1 saturated carbocycles. The molecule has 1 aromatic heterocycles. The molecular formula is C26H35FN4O3. The summed E-state index contributed by atoms with van der Waals surface area (Å²) in [5.74, 6) is 1.05. The lowest BCUT2D eigenvalue weighted by molar-refractivity contribution is -0.149. The Morgan fingerprint density at radius 2 is 1.85 bits per heavy atom. The van der Waals surface area contributed by atoms with Gasteiger partial charge in [-0.3, -0.25) is 14.3 Å². The van der Waals surface area contributed by atoms with E-state index in [-0.39, 0.29) is 23.6 Å². The minimum Gasteiger partial charge on any atom is -0.466 e. The zero-order chi connectivity index (χ0) is 24.2. The summed E-state index contributed by atoms with van der Waals surface area (Å²) in [5, 5.41) is 4.83. The number of hydrogen-bond acceptors (Lipinski definition) is 5. The molecule has 0 N–H and O–H groups in total. The average molecular weight is 471 g/mol. The van der Waals surface area contributed by atoms with Crippen LogP contribution in [0.5, 0.6) is 0 Å². The van der Waals surface area contributed by atoms with Crippen LogP contribution in [-0.2, 0) is 33.8 Å². The number of carbonyl (C=O) groups is 2. The second-order valence-corrected chi connectivity index (χ2v) is 9.67. The van der Waals surface area contributed by atoms with E-state index >= 15 is 0 Å². The van der Waals surface area contributed by atoms with Crippen LogP contribution in [0, 0.1) is 17.7 Å². The van der Waals surface area contributed by atoms with Crippen LogP contribution in [0.3, 0.4) is 0 Å². The zero-order valence-electron chi connectivity index (χ0n) is 20.4. The van der Waals surface area contributed by atoms with Crippen LogP contribution in [-0.4, -0.2) is 53.8 Å². The number of fused-ring (bicyclic) bond motifs is 1. The van der Waals surface area contributed by atoms with Crippen LogP contribution in [0.15, 0.2) is 24.3 Å². The first-order valence-corrected chi connectivity index (χ1v) is 12.3. The molecule has 1 aliphatic heterocycles. The highest BCUT2D eigenvalue weighted by molar-refractivity contribution is 5.77. The molecule has 0 bridgehead atoms. The third kappa shape index (κ3) is 5.42. The molecule has 0 unspecified atom stereocenters. The highest BCUT2D eigenvalue weighted by atomic mass is 19.1. The summed E-state index contributed by atoms with van der Waals surface area (Å²) in [7, 11) is 3.96. The van der Waals surface area contributed by atoms with E-state index in [1.54, 1.807) is 12.1 Å². The molecule has 7 nitrogen and oxygen atoms in total. The fourth-order valence-corrected chi connectivity index (χ4v) is 5.16. The van der Waals surface area contributed by atoms with Crippen molar-refractivity contribution in [1.29, 1.82) is 0 Å².